The number of halogens is 2. The van der Waals surface area contributed by atoms with E-state index in [1.54, 1.807) is 26.0 Å². The number of carbonyl (C=O) groups is 1. The Kier molecular flexibility index (Phi) is 8.32. The molecule has 0 saturated heterocycles. The van der Waals surface area contributed by atoms with E-state index in [-0.39, 0.29) is 13.0 Å². The number of esters is 1. The number of ether oxygens (including phenoxy) is 1. The number of carbonyl (C=O) groups excluding carboxylic acids is 1. The molecule has 136 valence electrons. The Labute approximate surface area is 143 Å². The Balaban J connectivity index is 3.18. The van der Waals surface area contributed by atoms with E-state index in [1.807, 2.05) is 12.1 Å². The molecule has 0 aliphatic heterocycles. The highest BCUT2D eigenvalue weighted by Gasteiger charge is 2.48. The van der Waals surface area contributed by atoms with E-state index in [2.05, 4.69) is 6.92 Å². The van der Waals surface area contributed by atoms with Crippen LogP contribution in [-0.4, -0.2) is 24.1 Å². The minimum Gasteiger partial charge on any atom is -0.466 e. The third-order valence-corrected chi connectivity index (χ3v) is 4.21. The monoisotopic (exact) mass is 342 g/mol. The van der Waals surface area contributed by atoms with Gasteiger partial charge < -0.3 is 9.84 Å². The number of unbranched alkanes of at least 4 members (excludes halogenated alkanes) is 1. The Hall–Kier alpha value is -1.49. The molecule has 2 atom stereocenters. The molecular formula is C19H28F2O3. The summed E-state index contributed by atoms with van der Waals surface area (Å²) in [5, 5.41) is 11.0. The lowest BCUT2D eigenvalue weighted by atomic mass is 9.77. The van der Waals surface area contributed by atoms with Crippen molar-refractivity contribution in [1.29, 1.82) is 0 Å². The Morgan fingerprint density at radius 1 is 1.17 bits per heavy atom. The summed E-state index contributed by atoms with van der Waals surface area (Å²) in [5.41, 5.74) is -0.509. The summed E-state index contributed by atoms with van der Waals surface area (Å²) in [7, 11) is 0. The van der Waals surface area contributed by atoms with E-state index in [0.717, 1.165) is 24.8 Å². The van der Waals surface area contributed by atoms with Gasteiger partial charge in [0.1, 0.15) is 5.60 Å². The first-order valence-corrected chi connectivity index (χ1v) is 8.67. The van der Waals surface area contributed by atoms with Gasteiger partial charge in [-0.15, -0.1) is 0 Å². The van der Waals surface area contributed by atoms with Gasteiger partial charge in [-0.25, -0.2) is 8.78 Å². The molecule has 0 amide bonds. The van der Waals surface area contributed by atoms with E-state index in [0.29, 0.717) is 12.0 Å². The van der Waals surface area contributed by atoms with Crippen molar-refractivity contribution in [3.8, 4) is 0 Å². The maximum atomic E-state index is 13.6. The fourth-order valence-electron chi connectivity index (χ4n) is 2.94. The first-order valence-electron chi connectivity index (χ1n) is 8.67. The fraction of sp³-hybridized carbons (Fsp3) is 0.632. The molecule has 1 aromatic rings. The van der Waals surface area contributed by atoms with Crippen molar-refractivity contribution in [2.45, 2.75) is 64.9 Å². The second kappa shape index (κ2) is 9.72. The van der Waals surface area contributed by atoms with Crippen LogP contribution in [0.2, 0.25) is 0 Å². The van der Waals surface area contributed by atoms with Crippen LogP contribution in [0.5, 0.6) is 0 Å². The second-order valence-corrected chi connectivity index (χ2v) is 6.04. The van der Waals surface area contributed by atoms with Gasteiger partial charge in [-0.2, -0.15) is 0 Å². The molecule has 0 aliphatic rings. The van der Waals surface area contributed by atoms with Gasteiger partial charge in [-0.1, -0.05) is 51.0 Å². The predicted octanol–water partition coefficient (Wildman–Crippen LogP) is 4.46. The second-order valence-electron chi connectivity index (χ2n) is 6.04. The summed E-state index contributed by atoms with van der Waals surface area (Å²) in [6.45, 7) is 5.44. The molecule has 0 fully saturated rings. The lowest BCUT2D eigenvalue weighted by molar-refractivity contribution is -0.173. The molecule has 0 saturated carbocycles. The van der Waals surface area contributed by atoms with Crippen molar-refractivity contribution in [1.82, 2.24) is 0 Å². The molecule has 1 N–H and O–H groups in total. The maximum absolute atomic E-state index is 13.6. The molecule has 0 heterocycles. The van der Waals surface area contributed by atoms with Gasteiger partial charge in [0, 0.05) is 0 Å². The van der Waals surface area contributed by atoms with Crippen LogP contribution in [0.4, 0.5) is 8.78 Å². The van der Waals surface area contributed by atoms with Crippen LogP contribution in [0.25, 0.3) is 0 Å². The number of aryl methyl sites for hydroxylation is 1. The minimum absolute atomic E-state index is 0.000212. The van der Waals surface area contributed by atoms with Crippen molar-refractivity contribution >= 4 is 5.97 Å². The molecule has 0 aromatic heterocycles. The van der Waals surface area contributed by atoms with Crippen LogP contribution in [-0.2, 0) is 21.6 Å². The standard InChI is InChI=1S/C19H28F2O3/c1-4-7-8-14-9-11-15(12-10-14)19(23,13-5-2)16(17(20)21)18(22)24-6-3/h9-12,16-17,23H,4-8,13H2,1-3H3. The van der Waals surface area contributed by atoms with Gasteiger partial charge in [-0.05, 0) is 37.3 Å². The van der Waals surface area contributed by atoms with Gasteiger partial charge >= 0.3 is 5.97 Å². The first kappa shape index (κ1) is 20.6. The van der Waals surface area contributed by atoms with Gasteiger partial charge in [0.25, 0.3) is 6.43 Å². The summed E-state index contributed by atoms with van der Waals surface area (Å²) in [6, 6.07) is 6.96. The van der Waals surface area contributed by atoms with Crippen LogP contribution in [0, 0.1) is 5.92 Å². The SMILES string of the molecule is CCCCc1ccc(C(O)(CCC)C(C(=O)OCC)C(F)F)cc1. The van der Waals surface area contributed by atoms with Crippen molar-refractivity contribution < 1.29 is 23.4 Å². The first-order chi connectivity index (χ1) is 11.4. The minimum atomic E-state index is -3.00. The number of rotatable bonds is 10. The maximum Gasteiger partial charge on any atom is 0.318 e. The van der Waals surface area contributed by atoms with Crippen LogP contribution >= 0.6 is 0 Å². The summed E-state index contributed by atoms with van der Waals surface area (Å²) in [6.07, 6.45) is 0.546. The molecular weight excluding hydrogens is 314 g/mol. The highest BCUT2D eigenvalue weighted by molar-refractivity contribution is 5.74. The molecule has 24 heavy (non-hydrogen) atoms. The van der Waals surface area contributed by atoms with Crippen molar-refractivity contribution in [2.75, 3.05) is 6.61 Å². The fourth-order valence-corrected chi connectivity index (χ4v) is 2.94. The lowest BCUT2D eigenvalue weighted by Crippen LogP contribution is -2.45. The summed E-state index contributed by atoms with van der Waals surface area (Å²) >= 11 is 0. The molecule has 1 rings (SSSR count). The van der Waals surface area contributed by atoms with Gasteiger partial charge in [0.05, 0.1) is 6.61 Å². The molecule has 3 nitrogen and oxygen atoms in total. The Bertz CT molecular complexity index is 502. The zero-order valence-corrected chi connectivity index (χ0v) is 14.7. The zero-order chi connectivity index (χ0) is 18.2. The molecule has 1 aromatic carbocycles. The Morgan fingerprint density at radius 2 is 1.79 bits per heavy atom. The predicted molar refractivity (Wildman–Crippen MR) is 90.0 cm³/mol. The average Bonchev–Trinajstić information content (AvgIpc) is 2.53. The zero-order valence-electron chi connectivity index (χ0n) is 14.7. The quantitative estimate of drug-likeness (QED) is 0.639. The van der Waals surface area contributed by atoms with Gasteiger partial charge in [-0.3, -0.25) is 4.79 Å². The number of aliphatic hydroxyl groups is 1. The molecule has 0 spiro atoms. The number of hydrogen-bond donors (Lipinski definition) is 1. The summed E-state index contributed by atoms with van der Waals surface area (Å²) < 4.78 is 31.9. The topological polar surface area (TPSA) is 46.5 Å². The van der Waals surface area contributed by atoms with Crippen molar-refractivity contribution in [2.24, 2.45) is 5.92 Å². The lowest BCUT2D eigenvalue weighted by Gasteiger charge is -2.34. The summed E-state index contributed by atoms with van der Waals surface area (Å²) in [5.74, 6) is -2.95. The third kappa shape index (κ3) is 5.00. The van der Waals surface area contributed by atoms with Crippen LogP contribution < -0.4 is 0 Å². The van der Waals surface area contributed by atoms with Crippen LogP contribution in [0.3, 0.4) is 0 Å². The highest BCUT2D eigenvalue weighted by Crippen LogP contribution is 2.39. The number of benzene rings is 1. The molecule has 0 radical (unpaired) electrons. The van der Waals surface area contributed by atoms with E-state index < -0.39 is 23.9 Å². The molecule has 0 bridgehead atoms. The Morgan fingerprint density at radius 3 is 2.25 bits per heavy atom. The average molecular weight is 342 g/mol. The normalized spacial score (nSPS) is 15.1. The van der Waals surface area contributed by atoms with Gasteiger partial charge in [0.15, 0.2) is 5.92 Å². The smallest absolute Gasteiger partial charge is 0.318 e. The number of hydrogen-bond acceptors (Lipinski definition) is 3. The van der Waals surface area contributed by atoms with Crippen LogP contribution in [0.1, 0.15) is 57.6 Å². The molecule has 5 heteroatoms. The highest BCUT2D eigenvalue weighted by atomic mass is 19.3. The van der Waals surface area contributed by atoms with Crippen molar-refractivity contribution in [3.63, 3.8) is 0 Å². The van der Waals surface area contributed by atoms with Crippen LogP contribution in [0.15, 0.2) is 24.3 Å². The third-order valence-electron chi connectivity index (χ3n) is 4.21. The molecule has 2 unspecified atom stereocenters. The van der Waals surface area contributed by atoms with E-state index >= 15 is 0 Å². The van der Waals surface area contributed by atoms with Gasteiger partial charge in [0.2, 0.25) is 0 Å². The molecule has 0 aliphatic carbocycles. The van der Waals surface area contributed by atoms with E-state index in [4.69, 9.17) is 4.74 Å². The van der Waals surface area contributed by atoms with E-state index in [1.165, 1.54) is 0 Å². The largest absolute Gasteiger partial charge is 0.466 e. The van der Waals surface area contributed by atoms with Crippen molar-refractivity contribution in [3.05, 3.63) is 35.4 Å². The number of alkyl halides is 2. The summed E-state index contributed by atoms with van der Waals surface area (Å²) in [4.78, 5) is 12.0. The van der Waals surface area contributed by atoms with E-state index in [9.17, 15) is 18.7 Å².